The molecule has 0 aromatic heterocycles. The molecule has 5 fully saturated rings. The zero-order chi connectivity index (χ0) is 61.7. The van der Waals surface area contributed by atoms with Crippen LogP contribution in [0.2, 0.25) is 0 Å². The molecular formula is C55H91N10NaO15. The van der Waals surface area contributed by atoms with Crippen molar-refractivity contribution >= 4 is 89.2 Å². The monoisotopic (exact) mass is 1150 g/mol. The van der Waals surface area contributed by atoms with Crippen molar-refractivity contribution < 1.29 is 103 Å². The van der Waals surface area contributed by atoms with Crippen molar-refractivity contribution in [2.45, 2.75) is 200 Å². The van der Waals surface area contributed by atoms with Crippen molar-refractivity contribution in [3.05, 3.63) is 0 Å². The van der Waals surface area contributed by atoms with Gasteiger partial charge >= 0.3 is 59.7 Å². The summed E-state index contributed by atoms with van der Waals surface area (Å²) in [5, 5.41) is 21.8. The van der Waals surface area contributed by atoms with Gasteiger partial charge in [-0.1, -0.05) is 136 Å². The fourth-order valence-electron chi connectivity index (χ4n) is 11.8. The number of carbonyl (C=O) groups excluding carboxylic acids is 15. The number of hydrogen-bond donors (Lipinski definition) is 10. The molecule has 10 N–H and O–H groups in total. The summed E-state index contributed by atoms with van der Waals surface area (Å²) in [6.45, 7) is 28.4. The SMILES string of the molecule is CCCC(C)C1(CC)C(=O)NC(=O)NC1=O.CCCC(C)C1(CC)C(=O)NC(=O)NC1=O.CCCC(C)C1(CC)C(=O)NC(=O)NC1=O.CCCC(C)C1(CC)C(=O)NC(=O)NC1=O.CCCC(C)C1(CC)C(=O)NC(=O)NC1=O.[H-].[Na+]. The normalized spacial score (nSPS) is 21.0. The maximum atomic E-state index is 11.9. The van der Waals surface area contributed by atoms with E-state index in [0.29, 0.717) is 32.1 Å². The molecule has 0 aromatic rings. The number of hydrogen-bond acceptors (Lipinski definition) is 15. The van der Waals surface area contributed by atoms with Crippen molar-refractivity contribution in [2.75, 3.05) is 0 Å². The van der Waals surface area contributed by atoms with E-state index in [4.69, 9.17) is 0 Å². The summed E-state index contributed by atoms with van der Waals surface area (Å²) in [5.41, 5.74) is -5.47. The topological polar surface area (TPSA) is 376 Å². The third kappa shape index (κ3) is 16.2. The van der Waals surface area contributed by atoms with Crippen LogP contribution in [0.1, 0.15) is 202 Å². The number of nitrogens with one attached hydrogen (secondary N) is 10. The minimum absolute atomic E-state index is 0. The average molecular weight is 1160 g/mol. The van der Waals surface area contributed by atoms with Gasteiger partial charge in [0.05, 0.1) is 0 Å². The number of imide groups is 10. The smallest absolute Gasteiger partial charge is 1.00 e. The summed E-state index contributed by atoms with van der Waals surface area (Å²) in [5.74, 6) is -5.05. The van der Waals surface area contributed by atoms with Crippen LogP contribution in [-0.4, -0.2) is 89.2 Å². The summed E-state index contributed by atoms with van der Waals surface area (Å²) in [7, 11) is 0. The summed E-state index contributed by atoms with van der Waals surface area (Å²) in [6.07, 6.45) is 10.4. The molecule has 5 rings (SSSR count). The molecule has 5 aliphatic heterocycles. The number of amides is 20. The van der Waals surface area contributed by atoms with Crippen LogP contribution in [0.5, 0.6) is 0 Å². The minimum Gasteiger partial charge on any atom is -1.00 e. The fraction of sp³-hybridized carbons (Fsp3) is 0.727. The molecule has 5 atom stereocenters. The van der Waals surface area contributed by atoms with E-state index in [0.717, 1.165) is 64.2 Å². The Hall–Kier alpha value is -5.95. The number of barbiturate groups is 5. The van der Waals surface area contributed by atoms with Crippen LogP contribution in [0.3, 0.4) is 0 Å². The third-order valence-corrected chi connectivity index (χ3v) is 16.9. The molecule has 20 amide bonds. The first-order valence-electron chi connectivity index (χ1n) is 28.3. The van der Waals surface area contributed by atoms with Gasteiger partial charge in [0.15, 0.2) is 0 Å². The van der Waals surface area contributed by atoms with E-state index in [2.05, 4.69) is 53.2 Å². The molecule has 0 saturated carbocycles. The van der Waals surface area contributed by atoms with Gasteiger partial charge in [0.2, 0.25) is 59.1 Å². The molecule has 0 radical (unpaired) electrons. The van der Waals surface area contributed by atoms with E-state index < -0.39 is 116 Å². The van der Waals surface area contributed by atoms with Crippen molar-refractivity contribution in [1.82, 2.24) is 53.2 Å². The van der Waals surface area contributed by atoms with Crippen LogP contribution < -0.4 is 82.7 Å². The Morgan fingerprint density at radius 2 is 0.346 bits per heavy atom. The van der Waals surface area contributed by atoms with Gasteiger partial charge in [0, 0.05) is 0 Å². The van der Waals surface area contributed by atoms with Gasteiger partial charge in [-0.25, -0.2) is 24.0 Å². The Kier molecular flexibility index (Phi) is 30.8. The predicted octanol–water partition coefficient (Wildman–Crippen LogP) is 3.04. The summed E-state index contributed by atoms with van der Waals surface area (Å²) >= 11 is 0. The van der Waals surface area contributed by atoms with Gasteiger partial charge in [0.1, 0.15) is 27.1 Å². The first-order valence-corrected chi connectivity index (χ1v) is 28.3. The van der Waals surface area contributed by atoms with Crippen LogP contribution in [0.25, 0.3) is 0 Å². The maximum Gasteiger partial charge on any atom is 1.00 e. The van der Waals surface area contributed by atoms with E-state index in [1.54, 1.807) is 34.6 Å². The zero-order valence-electron chi connectivity index (χ0n) is 51.6. The van der Waals surface area contributed by atoms with E-state index >= 15 is 0 Å². The second kappa shape index (κ2) is 33.2. The maximum absolute atomic E-state index is 11.9. The molecule has 25 nitrogen and oxygen atoms in total. The Morgan fingerprint density at radius 3 is 0.420 bits per heavy atom. The van der Waals surface area contributed by atoms with Crippen LogP contribution in [0, 0.1) is 56.7 Å². The molecular weight excluding hydrogens is 1060 g/mol. The van der Waals surface area contributed by atoms with Gasteiger partial charge in [-0.3, -0.25) is 101 Å². The number of rotatable bonds is 20. The van der Waals surface area contributed by atoms with Crippen molar-refractivity contribution in [2.24, 2.45) is 56.7 Å². The zero-order valence-corrected chi connectivity index (χ0v) is 52.6. The first kappa shape index (κ1) is 75.0. The molecule has 452 valence electrons. The van der Waals surface area contributed by atoms with Crippen molar-refractivity contribution in [1.29, 1.82) is 0 Å². The molecule has 5 heterocycles. The molecule has 5 unspecified atom stereocenters. The summed E-state index contributed by atoms with van der Waals surface area (Å²) in [4.78, 5) is 174. The summed E-state index contributed by atoms with van der Waals surface area (Å²) in [6, 6.07) is -3.60. The van der Waals surface area contributed by atoms with Crippen molar-refractivity contribution in [3.8, 4) is 0 Å². The van der Waals surface area contributed by atoms with Gasteiger partial charge < -0.3 is 1.43 Å². The second-order valence-electron chi connectivity index (χ2n) is 21.3. The van der Waals surface area contributed by atoms with Gasteiger partial charge in [-0.2, -0.15) is 0 Å². The molecule has 0 bridgehead atoms. The van der Waals surface area contributed by atoms with E-state index in [1.807, 2.05) is 69.2 Å². The predicted molar refractivity (Wildman–Crippen MR) is 293 cm³/mol. The fourth-order valence-corrected chi connectivity index (χ4v) is 11.8. The van der Waals surface area contributed by atoms with Crippen LogP contribution in [0.4, 0.5) is 24.0 Å². The molecule has 0 spiro atoms. The molecule has 0 aromatic carbocycles. The Labute approximate surface area is 499 Å². The molecule has 0 aliphatic carbocycles. The number of carbonyl (C=O) groups is 15. The van der Waals surface area contributed by atoms with Gasteiger partial charge in [-0.15, -0.1) is 0 Å². The largest absolute Gasteiger partial charge is 1.00 e. The average Bonchev–Trinajstić information content (AvgIpc) is 3.35. The molecule has 5 aliphatic rings. The first-order chi connectivity index (χ1) is 37.4. The van der Waals surface area contributed by atoms with Crippen LogP contribution in [-0.2, 0) is 47.9 Å². The minimum atomic E-state index is -1.09. The second-order valence-corrected chi connectivity index (χ2v) is 21.3. The molecule has 81 heavy (non-hydrogen) atoms. The Morgan fingerprint density at radius 1 is 0.247 bits per heavy atom. The quantitative estimate of drug-likeness (QED) is 0.0619. The number of urea groups is 5. The molecule has 5 saturated heterocycles. The Bertz CT molecular complexity index is 1910. The molecule has 26 heteroatoms. The van der Waals surface area contributed by atoms with Gasteiger partial charge in [0.25, 0.3) is 0 Å². The Balaban J connectivity index is 0. The van der Waals surface area contributed by atoms with Crippen LogP contribution >= 0.6 is 0 Å². The third-order valence-electron chi connectivity index (χ3n) is 16.9. The van der Waals surface area contributed by atoms with Crippen molar-refractivity contribution in [3.63, 3.8) is 0 Å². The van der Waals surface area contributed by atoms with E-state index in [-0.39, 0.29) is 60.6 Å². The standard InChI is InChI=1S/5C11H18N2O3.Na.H/c5*1-4-6-7(3)11(5-2)8(14)12-10(16)13-9(11)15;;/h5*7H,4-6H2,1-3H3,(H2,12,13,14,15,16);;/q;;;;;+1;-1. The summed E-state index contributed by atoms with van der Waals surface area (Å²) < 4.78 is 0. The van der Waals surface area contributed by atoms with E-state index in [9.17, 15) is 71.9 Å². The van der Waals surface area contributed by atoms with Crippen LogP contribution in [0.15, 0.2) is 0 Å². The van der Waals surface area contributed by atoms with Gasteiger partial charge in [-0.05, 0) is 93.8 Å². The van der Waals surface area contributed by atoms with E-state index in [1.165, 1.54) is 0 Å².